The average molecular weight is 191 g/mol. The van der Waals surface area contributed by atoms with Crippen molar-refractivity contribution in [2.75, 3.05) is 0 Å². The lowest BCUT2D eigenvalue weighted by Gasteiger charge is -1.97. The summed E-state index contributed by atoms with van der Waals surface area (Å²) in [5.41, 5.74) is 1.72. The molecule has 4 nitrogen and oxygen atoms in total. The Hall–Kier alpha value is -1.45. The van der Waals surface area contributed by atoms with E-state index in [0.29, 0.717) is 12.1 Å². The molecular weight excluding hydrogens is 178 g/mol. The van der Waals surface area contributed by atoms with Crippen LogP contribution in [0.2, 0.25) is 0 Å². The SMILES string of the molecule is Cn1ncc(C(=O)CC2=CCCC2)n1. The molecule has 1 aliphatic rings. The van der Waals surface area contributed by atoms with Crippen LogP contribution in [0, 0.1) is 0 Å². The Morgan fingerprint density at radius 1 is 1.64 bits per heavy atom. The number of hydrogen-bond donors (Lipinski definition) is 0. The molecule has 0 N–H and O–H groups in total. The second-order valence-corrected chi connectivity index (χ2v) is 3.57. The molecule has 0 atom stereocenters. The van der Waals surface area contributed by atoms with Gasteiger partial charge in [-0.3, -0.25) is 4.79 Å². The summed E-state index contributed by atoms with van der Waals surface area (Å²) in [6.45, 7) is 0. The van der Waals surface area contributed by atoms with Crippen molar-refractivity contribution in [3.63, 3.8) is 0 Å². The fourth-order valence-electron chi connectivity index (χ4n) is 1.67. The molecule has 1 aliphatic carbocycles. The number of rotatable bonds is 3. The highest BCUT2D eigenvalue weighted by atomic mass is 16.1. The molecule has 0 aliphatic heterocycles. The third-order valence-corrected chi connectivity index (χ3v) is 2.41. The van der Waals surface area contributed by atoms with Gasteiger partial charge in [-0.15, -0.1) is 0 Å². The van der Waals surface area contributed by atoms with E-state index in [4.69, 9.17) is 0 Å². The fourth-order valence-corrected chi connectivity index (χ4v) is 1.67. The minimum Gasteiger partial charge on any atom is -0.292 e. The van der Waals surface area contributed by atoms with E-state index in [9.17, 15) is 4.79 Å². The maximum Gasteiger partial charge on any atom is 0.188 e. The summed E-state index contributed by atoms with van der Waals surface area (Å²) in [6, 6.07) is 0. The number of carbonyl (C=O) groups is 1. The van der Waals surface area contributed by atoms with Crippen molar-refractivity contribution in [3.8, 4) is 0 Å². The zero-order valence-corrected chi connectivity index (χ0v) is 8.23. The van der Waals surface area contributed by atoms with E-state index in [2.05, 4.69) is 16.3 Å². The van der Waals surface area contributed by atoms with E-state index < -0.39 is 0 Å². The first-order valence-corrected chi connectivity index (χ1v) is 4.83. The highest BCUT2D eigenvalue weighted by Crippen LogP contribution is 2.21. The predicted molar refractivity (Wildman–Crippen MR) is 51.9 cm³/mol. The van der Waals surface area contributed by atoms with E-state index >= 15 is 0 Å². The van der Waals surface area contributed by atoms with Gasteiger partial charge in [-0.2, -0.15) is 15.0 Å². The Kier molecular flexibility index (Phi) is 2.43. The van der Waals surface area contributed by atoms with Gasteiger partial charge in [0.05, 0.1) is 6.20 Å². The highest BCUT2D eigenvalue weighted by Gasteiger charge is 2.14. The zero-order chi connectivity index (χ0) is 9.97. The van der Waals surface area contributed by atoms with Crippen molar-refractivity contribution in [2.45, 2.75) is 25.7 Å². The number of ketones is 1. The van der Waals surface area contributed by atoms with Crippen LogP contribution in [-0.2, 0) is 7.05 Å². The first-order valence-electron chi connectivity index (χ1n) is 4.83. The molecule has 1 heterocycles. The normalized spacial score (nSPS) is 15.6. The molecular formula is C10H13N3O. The van der Waals surface area contributed by atoms with Crippen LogP contribution in [0.1, 0.15) is 36.2 Å². The van der Waals surface area contributed by atoms with Gasteiger partial charge in [-0.1, -0.05) is 11.6 Å². The molecule has 2 rings (SSSR count). The number of carbonyl (C=O) groups excluding carboxylic acids is 1. The number of Topliss-reactive ketones (excluding diaryl/α,β-unsaturated/α-hetero) is 1. The lowest BCUT2D eigenvalue weighted by atomic mass is 10.1. The molecule has 14 heavy (non-hydrogen) atoms. The van der Waals surface area contributed by atoms with Gasteiger partial charge in [0, 0.05) is 13.5 Å². The van der Waals surface area contributed by atoms with Crippen LogP contribution in [0.25, 0.3) is 0 Å². The second kappa shape index (κ2) is 3.74. The van der Waals surface area contributed by atoms with E-state index in [-0.39, 0.29) is 5.78 Å². The number of aromatic nitrogens is 3. The van der Waals surface area contributed by atoms with Gasteiger partial charge in [-0.05, 0) is 19.3 Å². The van der Waals surface area contributed by atoms with Gasteiger partial charge >= 0.3 is 0 Å². The summed E-state index contributed by atoms with van der Waals surface area (Å²) in [4.78, 5) is 13.1. The van der Waals surface area contributed by atoms with Crippen LogP contribution in [0.4, 0.5) is 0 Å². The molecule has 0 amide bonds. The summed E-state index contributed by atoms with van der Waals surface area (Å²) in [5.74, 6) is 0.0752. The lowest BCUT2D eigenvalue weighted by molar-refractivity contribution is 0.0987. The summed E-state index contributed by atoms with van der Waals surface area (Å²) in [5, 5.41) is 7.86. The zero-order valence-electron chi connectivity index (χ0n) is 8.23. The molecule has 0 unspecified atom stereocenters. The predicted octanol–water partition coefficient (Wildman–Crippen LogP) is 1.50. The van der Waals surface area contributed by atoms with Gasteiger partial charge in [0.1, 0.15) is 5.69 Å². The average Bonchev–Trinajstić information content (AvgIpc) is 2.75. The van der Waals surface area contributed by atoms with Crippen LogP contribution < -0.4 is 0 Å². The second-order valence-electron chi connectivity index (χ2n) is 3.57. The summed E-state index contributed by atoms with van der Waals surface area (Å²) in [7, 11) is 1.71. The topological polar surface area (TPSA) is 47.8 Å². The molecule has 0 bridgehead atoms. The molecule has 0 radical (unpaired) electrons. The highest BCUT2D eigenvalue weighted by molar-refractivity contribution is 5.95. The molecule has 4 heteroatoms. The Bertz CT molecular complexity index is 378. The molecule has 0 aromatic carbocycles. The van der Waals surface area contributed by atoms with Crippen molar-refractivity contribution in [1.82, 2.24) is 15.0 Å². The molecule has 0 saturated carbocycles. The molecule has 0 fully saturated rings. The van der Waals surface area contributed by atoms with Crippen LogP contribution in [0.5, 0.6) is 0 Å². The van der Waals surface area contributed by atoms with Gasteiger partial charge < -0.3 is 0 Å². The summed E-state index contributed by atoms with van der Waals surface area (Å²) < 4.78 is 0. The van der Waals surface area contributed by atoms with Crippen molar-refractivity contribution < 1.29 is 4.79 Å². The number of hydrogen-bond acceptors (Lipinski definition) is 3. The Morgan fingerprint density at radius 2 is 2.50 bits per heavy atom. The van der Waals surface area contributed by atoms with Gasteiger partial charge in [0.25, 0.3) is 0 Å². The maximum absolute atomic E-state index is 11.7. The fraction of sp³-hybridized carbons (Fsp3) is 0.500. The van der Waals surface area contributed by atoms with E-state index in [1.54, 1.807) is 7.05 Å². The minimum absolute atomic E-state index is 0.0752. The molecule has 0 spiro atoms. The van der Waals surface area contributed by atoms with Crippen molar-refractivity contribution >= 4 is 5.78 Å². The number of allylic oxidation sites excluding steroid dienone is 2. The van der Waals surface area contributed by atoms with Crippen molar-refractivity contribution in [3.05, 3.63) is 23.5 Å². The lowest BCUT2D eigenvalue weighted by Crippen LogP contribution is -2.02. The third-order valence-electron chi connectivity index (χ3n) is 2.41. The van der Waals surface area contributed by atoms with E-state index in [1.807, 2.05) is 0 Å². The minimum atomic E-state index is 0.0752. The molecule has 1 aromatic rings. The smallest absolute Gasteiger partial charge is 0.188 e. The summed E-state index contributed by atoms with van der Waals surface area (Å²) >= 11 is 0. The molecule has 74 valence electrons. The van der Waals surface area contributed by atoms with Gasteiger partial charge in [0.15, 0.2) is 5.78 Å². The quantitative estimate of drug-likeness (QED) is 0.537. The monoisotopic (exact) mass is 191 g/mol. The maximum atomic E-state index is 11.7. The standard InChI is InChI=1S/C10H13N3O/c1-13-11-7-9(12-13)10(14)6-8-4-2-3-5-8/h4,7H,2-3,5-6H2,1H3. The largest absolute Gasteiger partial charge is 0.292 e. The molecule has 0 saturated heterocycles. The van der Waals surface area contributed by atoms with Crippen LogP contribution in [-0.4, -0.2) is 20.8 Å². The van der Waals surface area contributed by atoms with Gasteiger partial charge in [-0.25, -0.2) is 0 Å². The van der Waals surface area contributed by atoms with Crippen LogP contribution >= 0.6 is 0 Å². The Labute approximate surface area is 82.6 Å². The van der Waals surface area contributed by atoms with Crippen LogP contribution in [0.3, 0.4) is 0 Å². The summed E-state index contributed by atoms with van der Waals surface area (Å²) in [6.07, 6.45) is 7.56. The Morgan fingerprint density at radius 3 is 3.07 bits per heavy atom. The molecule has 1 aromatic heterocycles. The first-order chi connectivity index (χ1) is 6.75. The number of aryl methyl sites for hydroxylation is 1. The van der Waals surface area contributed by atoms with E-state index in [1.165, 1.54) is 23.0 Å². The van der Waals surface area contributed by atoms with Crippen molar-refractivity contribution in [1.29, 1.82) is 0 Å². The van der Waals surface area contributed by atoms with Gasteiger partial charge in [0.2, 0.25) is 0 Å². The third kappa shape index (κ3) is 1.89. The first kappa shape index (κ1) is 9.12. The Balaban J connectivity index is 2.02. The van der Waals surface area contributed by atoms with Crippen LogP contribution in [0.15, 0.2) is 17.8 Å². The number of nitrogens with zero attached hydrogens (tertiary/aromatic N) is 3. The van der Waals surface area contributed by atoms with Crippen molar-refractivity contribution in [2.24, 2.45) is 7.05 Å². The van der Waals surface area contributed by atoms with E-state index in [0.717, 1.165) is 12.8 Å².